The van der Waals surface area contributed by atoms with Gasteiger partial charge in [0.15, 0.2) is 6.10 Å². The lowest BCUT2D eigenvalue weighted by atomic mass is 10.1. The number of rotatable bonds is 57. The van der Waals surface area contributed by atoms with Crippen LogP contribution in [0.2, 0.25) is 0 Å². The lowest BCUT2D eigenvalue weighted by Crippen LogP contribution is -2.30. The van der Waals surface area contributed by atoms with Gasteiger partial charge in [-0.25, -0.2) is 4.57 Å². The molecular weight excluding hydrogens is 1000 g/mol. The maximum absolute atomic E-state index is 12.9. The Labute approximate surface area is 476 Å². The highest BCUT2D eigenvalue weighted by atomic mass is 31.2. The molecule has 0 aliphatic heterocycles. The average Bonchev–Trinajstić information content (AvgIpc) is 3.43. The summed E-state index contributed by atoms with van der Waals surface area (Å²) in [5.74, 6) is -1.51. The predicted octanol–water partition coefficient (Wildman–Crippen LogP) is 18.8. The van der Waals surface area contributed by atoms with Crippen molar-refractivity contribution in [2.24, 2.45) is 0 Å². The molecule has 0 saturated carbocycles. The molecule has 0 spiro atoms. The first kappa shape index (κ1) is 74.4. The van der Waals surface area contributed by atoms with Crippen LogP contribution in [0.1, 0.15) is 265 Å². The van der Waals surface area contributed by atoms with E-state index in [4.69, 9.17) is 23.3 Å². The largest absolute Gasteiger partial charge is 0.472 e. The maximum atomic E-state index is 12.9. The smallest absolute Gasteiger partial charge is 0.462 e. The highest BCUT2D eigenvalue weighted by Crippen LogP contribution is 2.43. The van der Waals surface area contributed by atoms with Crippen LogP contribution in [0.4, 0.5) is 0 Å². The topological polar surface area (TPSA) is 155 Å². The van der Waals surface area contributed by atoms with Gasteiger partial charge in [-0.15, -0.1) is 0 Å². The van der Waals surface area contributed by atoms with Gasteiger partial charge in [0.25, 0.3) is 0 Å². The second kappa shape index (κ2) is 59.5. The van der Waals surface area contributed by atoms with Gasteiger partial charge in [0.05, 0.1) is 19.8 Å². The predicted molar refractivity (Wildman–Crippen MR) is 325 cm³/mol. The van der Waals surface area contributed by atoms with Gasteiger partial charge in [-0.05, 0) is 122 Å². The van der Waals surface area contributed by atoms with Gasteiger partial charge >= 0.3 is 25.7 Å². The van der Waals surface area contributed by atoms with Crippen LogP contribution in [0.25, 0.3) is 0 Å². The number of phosphoric acid groups is 1. The molecule has 0 saturated heterocycles. The summed E-state index contributed by atoms with van der Waals surface area (Å²) in [6.45, 7) is 4.45. The number of hydrogen-bond acceptors (Lipinski definition) is 10. The molecule has 3 unspecified atom stereocenters. The number of aliphatic hydroxyl groups excluding tert-OH is 1. The van der Waals surface area contributed by atoms with Crippen molar-refractivity contribution in [3.8, 4) is 0 Å². The Balaban J connectivity index is 4.76. The number of aliphatic hydroxyl groups is 1. The van der Waals surface area contributed by atoms with Crippen LogP contribution in [-0.4, -0.2) is 66.5 Å². The van der Waals surface area contributed by atoms with Crippen molar-refractivity contribution in [2.45, 2.75) is 277 Å². The summed E-state index contributed by atoms with van der Waals surface area (Å²) in [5, 5.41) is 9.85. The van der Waals surface area contributed by atoms with Crippen LogP contribution in [0.5, 0.6) is 0 Å². The molecule has 0 bridgehead atoms. The second-order valence-corrected chi connectivity index (χ2v) is 21.9. The van der Waals surface area contributed by atoms with Crippen molar-refractivity contribution in [1.82, 2.24) is 0 Å². The Morgan fingerprint density at radius 2 is 0.667 bits per heavy atom. The first-order valence-corrected chi connectivity index (χ1v) is 32.6. The van der Waals surface area contributed by atoms with E-state index in [-0.39, 0.29) is 25.9 Å². The van der Waals surface area contributed by atoms with E-state index < -0.39 is 57.8 Å². The molecule has 0 rings (SSSR count). The number of unbranched alkanes of at least 4 members (excludes halogenated alkanes) is 24. The molecular formula is C66H113O11P. The van der Waals surface area contributed by atoms with Crippen molar-refractivity contribution >= 4 is 25.7 Å². The number of phosphoric ester groups is 1. The molecule has 0 fully saturated rings. The van der Waals surface area contributed by atoms with Gasteiger partial charge in [-0.2, -0.15) is 0 Å². The standard InChI is InChI=1S/C66H113O11P/c1-4-7-10-13-16-19-22-25-28-31-34-37-40-43-46-49-52-55-64(68)73-59-63(77-66(70)57-54-51-48-45-42-39-36-33-30-27-24-21-18-15-12-9-6-3)61-75-78(71,72)74-60-62(58-67)76-65(69)56-53-50-47-44-41-38-35-32-29-26-23-20-17-14-11-8-5-2/h9,12,16-21,25-30,36,39,62-63,67H,4-8,10-11,13-15,22-24,31-35,37-38,40-61H2,1-3H3,(H,71,72)/b12-9-,19-16-,20-17-,21-18-,28-25-,29-26-,30-27-,39-36-. The van der Waals surface area contributed by atoms with Crippen LogP contribution in [0, 0.1) is 0 Å². The number of esters is 3. The quantitative estimate of drug-likeness (QED) is 0.0197. The number of ether oxygens (including phenoxy) is 3. The third kappa shape index (κ3) is 57.1. The summed E-state index contributed by atoms with van der Waals surface area (Å²) in [5.41, 5.74) is 0. The van der Waals surface area contributed by atoms with E-state index in [1.807, 2.05) is 0 Å². The molecule has 3 atom stereocenters. The fourth-order valence-electron chi connectivity index (χ4n) is 8.23. The summed E-state index contributed by atoms with van der Waals surface area (Å²) in [7, 11) is -4.77. The summed E-state index contributed by atoms with van der Waals surface area (Å²) >= 11 is 0. The first-order valence-electron chi connectivity index (χ1n) is 31.1. The van der Waals surface area contributed by atoms with Gasteiger partial charge in [-0.1, -0.05) is 221 Å². The van der Waals surface area contributed by atoms with Crippen LogP contribution >= 0.6 is 7.82 Å². The molecule has 78 heavy (non-hydrogen) atoms. The van der Waals surface area contributed by atoms with Crippen LogP contribution in [0.3, 0.4) is 0 Å². The van der Waals surface area contributed by atoms with Crippen molar-refractivity contribution in [3.05, 3.63) is 97.2 Å². The van der Waals surface area contributed by atoms with E-state index in [1.54, 1.807) is 0 Å². The molecule has 2 N–H and O–H groups in total. The average molecular weight is 1110 g/mol. The van der Waals surface area contributed by atoms with E-state index in [0.717, 1.165) is 128 Å². The van der Waals surface area contributed by atoms with Crippen LogP contribution in [-0.2, 0) is 42.2 Å². The summed E-state index contributed by atoms with van der Waals surface area (Å²) in [6, 6.07) is 0. The monoisotopic (exact) mass is 1110 g/mol. The molecule has 0 heterocycles. The number of hydrogen-bond donors (Lipinski definition) is 2. The van der Waals surface area contributed by atoms with Crippen LogP contribution < -0.4 is 0 Å². The lowest BCUT2D eigenvalue weighted by molar-refractivity contribution is -0.161. The zero-order valence-electron chi connectivity index (χ0n) is 49.6. The Hall–Kier alpha value is -3.60. The molecule has 0 aliphatic carbocycles. The van der Waals surface area contributed by atoms with Gasteiger partial charge in [-0.3, -0.25) is 23.4 Å². The molecule has 0 aromatic carbocycles. The minimum absolute atomic E-state index is 0.134. The van der Waals surface area contributed by atoms with Gasteiger partial charge < -0.3 is 24.2 Å². The first-order chi connectivity index (χ1) is 38.2. The zero-order chi connectivity index (χ0) is 56.9. The molecule has 0 amide bonds. The van der Waals surface area contributed by atoms with Crippen LogP contribution in [0.15, 0.2) is 97.2 Å². The minimum Gasteiger partial charge on any atom is -0.462 e. The summed E-state index contributed by atoms with van der Waals surface area (Å²) < 4.78 is 39.6. The van der Waals surface area contributed by atoms with Crippen molar-refractivity contribution in [3.63, 3.8) is 0 Å². The second-order valence-electron chi connectivity index (χ2n) is 20.5. The Morgan fingerprint density at radius 1 is 0.372 bits per heavy atom. The maximum Gasteiger partial charge on any atom is 0.472 e. The van der Waals surface area contributed by atoms with Crippen molar-refractivity contribution < 1.29 is 52.2 Å². The fraction of sp³-hybridized carbons (Fsp3) is 0.712. The number of carbonyl (C=O) groups excluding carboxylic acids is 3. The molecule has 11 nitrogen and oxygen atoms in total. The molecule has 0 aromatic heterocycles. The SMILES string of the molecule is CC/C=C\C/C=C\C/C=C\C/C=C\CCCCCCC(=O)OC(COC(=O)CCCCCCCCC/C=C\C/C=C\CCCCC)COP(=O)(O)OCC(CO)OC(=O)CCCCCCCCC/C=C\C/C=C\CCCCC. The lowest BCUT2D eigenvalue weighted by Gasteiger charge is -2.21. The van der Waals surface area contributed by atoms with Crippen molar-refractivity contribution in [2.75, 3.05) is 26.4 Å². The third-order valence-corrected chi connectivity index (χ3v) is 13.9. The third-order valence-electron chi connectivity index (χ3n) is 13.0. The summed E-state index contributed by atoms with van der Waals surface area (Å²) in [4.78, 5) is 48.7. The highest BCUT2D eigenvalue weighted by Gasteiger charge is 2.28. The minimum atomic E-state index is -4.77. The molecule has 0 aliphatic rings. The molecule has 448 valence electrons. The zero-order valence-corrected chi connectivity index (χ0v) is 50.5. The highest BCUT2D eigenvalue weighted by molar-refractivity contribution is 7.47. The Kier molecular flexibility index (Phi) is 56.8. The number of allylic oxidation sites excluding steroid dienone is 16. The number of carbonyl (C=O) groups is 3. The summed E-state index contributed by atoms with van der Waals surface area (Å²) in [6.07, 6.45) is 70.6. The Bertz CT molecular complexity index is 1680. The van der Waals surface area contributed by atoms with E-state index in [1.165, 1.54) is 77.0 Å². The van der Waals surface area contributed by atoms with Crippen molar-refractivity contribution in [1.29, 1.82) is 0 Å². The fourth-order valence-corrected chi connectivity index (χ4v) is 9.01. The van der Waals surface area contributed by atoms with Gasteiger partial charge in [0.2, 0.25) is 0 Å². The molecule has 12 heteroatoms. The molecule has 0 aromatic rings. The van der Waals surface area contributed by atoms with E-state index >= 15 is 0 Å². The van der Waals surface area contributed by atoms with E-state index in [0.29, 0.717) is 19.3 Å². The van der Waals surface area contributed by atoms with E-state index in [9.17, 15) is 28.9 Å². The molecule has 0 radical (unpaired) electrons. The van der Waals surface area contributed by atoms with Gasteiger partial charge in [0.1, 0.15) is 12.7 Å². The van der Waals surface area contributed by atoms with E-state index in [2.05, 4.69) is 118 Å². The Morgan fingerprint density at radius 3 is 1.03 bits per heavy atom. The normalized spacial score (nSPS) is 14.0. The van der Waals surface area contributed by atoms with Gasteiger partial charge in [0, 0.05) is 19.3 Å².